The smallest absolute Gasteiger partial charge is 0.326 e. The zero-order chi connectivity index (χ0) is 16.5. The number of carbonyl (C=O) groups is 2. The molecule has 0 aliphatic rings. The van der Waals surface area contributed by atoms with Crippen LogP contribution in [0.1, 0.15) is 38.7 Å². The lowest BCUT2D eigenvalue weighted by molar-refractivity contribution is -0.143. The molecule has 122 valence electrons. The summed E-state index contributed by atoms with van der Waals surface area (Å²) in [5.74, 6) is -0.557. The Bertz CT molecular complexity index is 484. The van der Waals surface area contributed by atoms with Crippen molar-refractivity contribution in [2.45, 2.75) is 46.1 Å². The molecule has 2 atom stereocenters. The molecule has 0 bridgehead atoms. The van der Waals surface area contributed by atoms with Gasteiger partial charge >= 0.3 is 5.97 Å². The number of carboxylic acid groups (broad SMARTS) is 1. The number of rotatable bonds is 9. The summed E-state index contributed by atoms with van der Waals surface area (Å²) in [6, 6.07) is 6.88. The number of aryl methyl sites for hydroxylation is 1. The molecule has 0 heterocycles. The van der Waals surface area contributed by atoms with Crippen LogP contribution in [0.15, 0.2) is 24.3 Å². The van der Waals surface area contributed by atoms with Gasteiger partial charge in [0.1, 0.15) is 11.8 Å². The van der Waals surface area contributed by atoms with Gasteiger partial charge in [-0.3, -0.25) is 4.79 Å². The van der Waals surface area contributed by atoms with E-state index in [4.69, 9.17) is 9.84 Å². The van der Waals surface area contributed by atoms with E-state index in [-0.39, 0.29) is 18.2 Å². The molecule has 0 saturated carbocycles. The zero-order valence-corrected chi connectivity index (χ0v) is 13.5. The zero-order valence-electron chi connectivity index (χ0n) is 13.5. The molecule has 2 N–H and O–H groups in total. The van der Waals surface area contributed by atoms with E-state index in [1.54, 1.807) is 0 Å². The van der Waals surface area contributed by atoms with Gasteiger partial charge in [0.2, 0.25) is 5.91 Å². The highest BCUT2D eigenvalue weighted by Gasteiger charge is 2.24. The van der Waals surface area contributed by atoms with Crippen LogP contribution in [0.3, 0.4) is 0 Å². The minimum atomic E-state index is -0.987. The average Bonchev–Trinajstić information content (AvgIpc) is 2.50. The van der Waals surface area contributed by atoms with Crippen LogP contribution in [0, 0.1) is 12.8 Å². The Hall–Kier alpha value is -2.04. The lowest BCUT2D eigenvalue weighted by Crippen LogP contribution is -2.45. The van der Waals surface area contributed by atoms with Crippen molar-refractivity contribution in [2.75, 3.05) is 6.61 Å². The standard InChI is InChI=1S/C17H25NO4/c1-4-13(3)16(17(20)21)18-15(19)6-5-11-22-14-9-7-12(2)8-10-14/h7-10,13,16H,4-6,11H2,1-3H3,(H,18,19)(H,20,21). The van der Waals surface area contributed by atoms with Gasteiger partial charge < -0.3 is 15.2 Å². The fourth-order valence-corrected chi connectivity index (χ4v) is 1.99. The number of hydrogen-bond donors (Lipinski definition) is 2. The van der Waals surface area contributed by atoms with Crippen molar-refractivity contribution in [3.05, 3.63) is 29.8 Å². The van der Waals surface area contributed by atoms with Gasteiger partial charge in [-0.2, -0.15) is 0 Å². The number of amides is 1. The quantitative estimate of drug-likeness (QED) is 0.688. The van der Waals surface area contributed by atoms with Crippen molar-refractivity contribution in [3.63, 3.8) is 0 Å². The Balaban J connectivity index is 2.30. The normalized spacial score (nSPS) is 13.2. The fourth-order valence-electron chi connectivity index (χ4n) is 1.99. The van der Waals surface area contributed by atoms with Gasteiger partial charge in [0.25, 0.3) is 0 Å². The van der Waals surface area contributed by atoms with Crippen molar-refractivity contribution < 1.29 is 19.4 Å². The van der Waals surface area contributed by atoms with Gasteiger partial charge in [-0.15, -0.1) is 0 Å². The minimum absolute atomic E-state index is 0.0924. The fraction of sp³-hybridized carbons (Fsp3) is 0.529. The first kappa shape index (κ1) is 18.0. The van der Waals surface area contributed by atoms with Crippen molar-refractivity contribution in [3.8, 4) is 5.75 Å². The van der Waals surface area contributed by atoms with E-state index in [0.29, 0.717) is 19.4 Å². The third kappa shape index (κ3) is 6.16. The van der Waals surface area contributed by atoms with Gasteiger partial charge in [-0.05, 0) is 31.4 Å². The monoisotopic (exact) mass is 307 g/mol. The lowest BCUT2D eigenvalue weighted by atomic mass is 9.99. The number of benzene rings is 1. The summed E-state index contributed by atoms with van der Waals surface area (Å²) in [5.41, 5.74) is 1.16. The number of carboxylic acids is 1. The molecule has 2 unspecified atom stereocenters. The molecule has 22 heavy (non-hydrogen) atoms. The molecule has 0 spiro atoms. The number of ether oxygens (including phenoxy) is 1. The van der Waals surface area contributed by atoms with Crippen LogP contribution in [0.5, 0.6) is 5.75 Å². The molecular weight excluding hydrogens is 282 g/mol. The molecule has 0 aliphatic carbocycles. The van der Waals surface area contributed by atoms with Gasteiger partial charge in [-0.1, -0.05) is 38.0 Å². The second kappa shape index (κ2) is 9.07. The van der Waals surface area contributed by atoms with E-state index >= 15 is 0 Å². The van der Waals surface area contributed by atoms with E-state index in [1.165, 1.54) is 0 Å². The molecule has 1 aromatic rings. The summed E-state index contributed by atoms with van der Waals surface area (Å²) in [5, 5.41) is 11.7. The van der Waals surface area contributed by atoms with Crippen LogP contribution >= 0.6 is 0 Å². The van der Waals surface area contributed by atoms with Crippen molar-refractivity contribution in [2.24, 2.45) is 5.92 Å². The minimum Gasteiger partial charge on any atom is -0.494 e. The first-order valence-corrected chi connectivity index (χ1v) is 7.65. The number of nitrogens with one attached hydrogen (secondary N) is 1. The van der Waals surface area contributed by atoms with E-state index in [2.05, 4.69) is 5.32 Å². The third-order valence-corrected chi connectivity index (χ3v) is 3.63. The van der Waals surface area contributed by atoms with E-state index in [0.717, 1.165) is 11.3 Å². The van der Waals surface area contributed by atoms with Gasteiger partial charge in [0, 0.05) is 6.42 Å². The molecule has 1 rings (SSSR count). The molecular formula is C17H25NO4. The third-order valence-electron chi connectivity index (χ3n) is 3.63. The predicted octanol–water partition coefficient (Wildman–Crippen LogP) is 2.77. The van der Waals surface area contributed by atoms with E-state index in [9.17, 15) is 9.59 Å². The van der Waals surface area contributed by atoms with Crippen LogP contribution in [0.2, 0.25) is 0 Å². The molecule has 5 nitrogen and oxygen atoms in total. The topological polar surface area (TPSA) is 75.6 Å². The Morgan fingerprint density at radius 3 is 2.45 bits per heavy atom. The summed E-state index contributed by atoms with van der Waals surface area (Å²) in [7, 11) is 0. The van der Waals surface area contributed by atoms with Crippen molar-refractivity contribution >= 4 is 11.9 Å². The molecule has 1 aromatic carbocycles. The second-order valence-electron chi connectivity index (χ2n) is 5.53. The van der Waals surface area contributed by atoms with E-state index < -0.39 is 12.0 Å². The Morgan fingerprint density at radius 1 is 1.27 bits per heavy atom. The highest BCUT2D eigenvalue weighted by molar-refractivity contribution is 5.83. The molecule has 5 heteroatoms. The largest absolute Gasteiger partial charge is 0.494 e. The summed E-state index contributed by atoms with van der Waals surface area (Å²) < 4.78 is 5.54. The average molecular weight is 307 g/mol. The van der Waals surface area contributed by atoms with Crippen LogP contribution in [0.25, 0.3) is 0 Å². The molecule has 0 aromatic heterocycles. The summed E-state index contributed by atoms with van der Waals surface area (Å²) >= 11 is 0. The van der Waals surface area contributed by atoms with E-state index in [1.807, 2.05) is 45.0 Å². The first-order valence-electron chi connectivity index (χ1n) is 7.65. The molecule has 0 saturated heterocycles. The van der Waals surface area contributed by atoms with Crippen LogP contribution in [-0.2, 0) is 9.59 Å². The second-order valence-corrected chi connectivity index (χ2v) is 5.53. The maximum absolute atomic E-state index is 11.8. The molecule has 0 radical (unpaired) electrons. The Kier molecular flexibility index (Phi) is 7.43. The lowest BCUT2D eigenvalue weighted by Gasteiger charge is -2.20. The summed E-state index contributed by atoms with van der Waals surface area (Å²) in [6.45, 7) is 6.16. The number of carbonyl (C=O) groups excluding carboxylic acids is 1. The Labute approximate surface area is 131 Å². The van der Waals surface area contributed by atoms with Crippen LogP contribution in [-0.4, -0.2) is 29.6 Å². The van der Waals surface area contributed by atoms with Gasteiger partial charge in [0.15, 0.2) is 0 Å². The number of aliphatic carboxylic acids is 1. The van der Waals surface area contributed by atoms with Crippen LogP contribution in [0.4, 0.5) is 0 Å². The number of hydrogen-bond acceptors (Lipinski definition) is 3. The van der Waals surface area contributed by atoms with Gasteiger partial charge in [-0.25, -0.2) is 4.79 Å². The van der Waals surface area contributed by atoms with Crippen LogP contribution < -0.4 is 10.1 Å². The highest BCUT2D eigenvalue weighted by atomic mass is 16.5. The maximum Gasteiger partial charge on any atom is 0.326 e. The predicted molar refractivity (Wildman–Crippen MR) is 84.9 cm³/mol. The molecule has 0 aliphatic heterocycles. The summed E-state index contributed by atoms with van der Waals surface area (Å²) in [6.07, 6.45) is 1.51. The van der Waals surface area contributed by atoms with Crippen molar-refractivity contribution in [1.29, 1.82) is 0 Å². The molecule has 1 amide bonds. The first-order chi connectivity index (χ1) is 10.4. The van der Waals surface area contributed by atoms with Gasteiger partial charge in [0.05, 0.1) is 6.61 Å². The highest BCUT2D eigenvalue weighted by Crippen LogP contribution is 2.12. The van der Waals surface area contributed by atoms with Crippen molar-refractivity contribution in [1.82, 2.24) is 5.32 Å². The summed E-state index contributed by atoms with van der Waals surface area (Å²) in [4.78, 5) is 22.9. The Morgan fingerprint density at radius 2 is 1.91 bits per heavy atom. The maximum atomic E-state index is 11.8. The molecule has 0 fully saturated rings. The SMILES string of the molecule is CCC(C)C(NC(=O)CCCOc1ccc(C)cc1)C(=O)O.